The molecule has 0 aromatic carbocycles. The average Bonchev–Trinajstić information content (AvgIpc) is 2.80. The second kappa shape index (κ2) is 4.60. The highest BCUT2D eigenvalue weighted by Crippen LogP contribution is 2.43. The van der Waals surface area contributed by atoms with E-state index in [2.05, 4.69) is 10.6 Å². The third kappa shape index (κ3) is 2.42. The summed E-state index contributed by atoms with van der Waals surface area (Å²) in [7, 11) is 0. The molecule has 8 nitrogen and oxygen atoms in total. The lowest BCUT2D eigenvalue weighted by molar-refractivity contribution is -0.232. The highest BCUT2D eigenvalue weighted by molar-refractivity contribution is 5.00. The Morgan fingerprint density at radius 1 is 0.950 bits per heavy atom. The molecule has 0 bridgehead atoms. The largest absolute Gasteiger partial charge is 0.411 e. The van der Waals surface area contributed by atoms with Gasteiger partial charge in [0.1, 0.15) is 18.3 Å². The van der Waals surface area contributed by atoms with Gasteiger partial charge in [0.15, 0.2) is 17.9 Å². The van der Waals surface area contributed by atoms with E-state index in [4.69, 9.17) is 29.2 Å². The van der Waals surface area contributed by atoms with Crippen LogP contribution < -0.4 is 5.43 Å². The van der Waals surface area contributed by atoms with Crippen molar-refractivity contribution in [2.45, 2.75) is 70.0 Å². The van der Waals surface area contributed by atoms with Gasteiger partial charge < -0.3 is 34.6 Å². The molecule has 3 fully saturated rings. The Bertz CT molecular complexity index is 403. The van der Waals surface area contributed by atoms with E-state index in [-0.39, 0.29) is 24.4 Å². The Kier molecular flexibility index (Phi) is 3.26. The lowest BCUT2D eigenvalue weighted by atomic mass is 9.99. The standard InChI is InChI=1S/C12H20N3O5/c1-11(2)17-7-6(5-14-15-13)16-10-9(8(7)18-11)19-12(3,4)20-10/h6-10H,5H2,1-4H3,(H-,13,14)/q-1/t6-,7+,8+,9+,10-/m0/s1. The van der Waals surface area contributed by atoms with Crippen LogP contribution in [0.25, 0.3) is 5.53 Å². The Labute approximate surface area is 117 Å². The minimum absolute atomic E-state index is 0.281. The number of rotatable bonds is 3. The number of ether oxygens (including phenoxy) is 5. The topological polar surface area (TPSA) is 92.8 Å². The molecule has 0 spiro atoms. The summed E-state index contributed by atoms with van der Waals surface area (Å²) in [6, 6.07) is 0. The maximum Gasteiger partial charge on any atom is 0.190 e. The first kappa shape index (κ1) is 14.2. The van der Waals surface area contributed by atoms with Gasteiger partial charge in [0.2, 0.25) is 0 Å². The van der Waals surface area contributed by atoms with Gasteiger partial charge in [0, 0.05) is 0 Å². The summed E-state index contributed by atoms with van der Waals surface area (Å²) in [4.78, 5) is 0. The fraction of sp³-hybridized carbons (Fsp3) is 1.00. The molecular weight excluding hydrogens is 266 g/mol. The second-order valence-corrected chi connectivity index (χ2v) is 6.17. The molecule has 114 valence electrons. The SMILES string of the molecule is CC1(C)O[C@@H]2O[C@@H](CNN=[N-])[C@H]3OC(C)(C)O[C@H]3[C@H]2O1. The van der Waals surface area contributed by atoms with E-state index in [1.165, 1.54) is 0 Å². The van der Waals surface area contributed by atoms with Crippen LogP contribution in [-0.2, 0) is 23.7 Å². The summed E-state index contributed by atoms with van der Waals surface area (Å²) < 4.78 is 29.3. The van der Waals surface area contributed by atoms with Crippen molar-refractivity contribution in [1.29, 1.82) is 0 Å². The van der Waals surface area contributed by atoms with E-state index in [1.807, 2.05) is 27.7 Å². The quantitative estimate of drug-likeness (QED) is 0.612. The summed E-state index contributed by atoms with van der Waals surface area (Å²) in [6.45, 7) is 7.66. The van der Waals surface area contributed by atoms with Crippen LogP contribution in [0.5, 0.6) is 0 Å². The molecular formula is C12H20N3O5-. The van der Waals surface area contributed by atoms with Crippen molar-refractivity contribution < 1.29 is 23.7 Å². The van der Waals surface area contributed by atoms with Crippen molar-refractivity contribution in [3.05, 3.63) is 5.53 Å². The Hall–Kier alpha value is -0.800. The molecule has 3 heterocycles. The number of hydrogen-bond acceptors (Lipinski definition) is 6. The van der Waals surface area contributed by atoms with Crippen molar-refractivity contribution in [3.63, 3.8) is 0 Å². The fourth-order valence-electron chi connectivity index (χ4n) is 2.99. The second-order valence-electron chi connectivity index (χ2n) is 6.17. The monoisotopic (exact) mass is 286 g/mol. The molecule has 5 atom stereocenters. The van der Waals surface area contributed by atoms with Crippen LogP contribution in [0.15, 0.2) is 5.22 Å². The Balaban J connectivity index is 1.82. The molecule has 0 amide bonds. The summed E-state index contributed by atoms with van der Waals surface area (Å²) >= 11 is 0. The first-order valence-electron chi connectivity index (χ1n) is 6.75. The van der Waals surface area contributed by atoms with E-state index >= 15 is 0 Å². The van der Waals surface area contributed by atoms with Crippen LogP contribution in [0, 0.1) is 0 Å². The van der Waals surface area contributed by atoms with E-state index in [0.29, 0.717) is 6.54 Å². The van der Waals surface area contributed by atoms with E-state index in [0.717, 1.165) is 0 Å². The van der Waals surface area contributed by atoms with Crippen molar-refractivity contribution in [3.8, 4) is 0 Å². The Morgan fingerprint density at radius 2 is 1.55 bits per heavy atom. The zero-order valence-electron chi connectivity index (χ0n) is 12.0. The zero-order valence-corrected chi connectivity index (χ0v) is 12.0. The number of nitrogens with one attached hydrogen (secondary N) is 1. The van der Waals surface area contributed by atoms with Gasteiger partial charge in [-0.1, -0.05) is 0 Å². The molecule has 3 saturated heterocycles. The van der Waals surface area contributed by atoms with Crippen molar-refractivity contribution in [2.24, 2.45) is 5.22 Å². The number of nitrogens with zero attached hydrogens (tertiary/aromatic N) is 2. The molecule has 0 unspecified atom stereocenters. The molecule has 3 rings (SSSR count). The van der Waals surface area contributed by atoms with Crippen LogP contribution in [-0.4, -0.2) is 48.8 Å². The smallest absolute Gasteiger partial charge is 0.190 e. The van der Waals surface area contributed by atoms with Crippen LogP contribution in [0.2, 0.25) is 0 Å². The van der Waals surface area contributed by atoms with Crippen molar-refractivity contribution in [1.82, 2.24) is 5.43 Å². The summed E-state index contributed by atoms with van der Waals surface area (Å²) in [6.07, 6.45) is -1.79. The Morgan fingerprint density at radius 3 is 2.25 bits per heavy atom. The molecule has 3 aliphatic rings. The van der Waals surface area contributed by atoms with Gasteiger partial charge >= 0.3 is 0 Å². The third-order valence-corrected chi connectivity index (χ3v) is 3.61. The van der Waals surface area contributed by atoms with Gasteiger partial charge in [-0.3, -0.25) is 5.22 Å². The number of hydrogen-bond donors (Lipinski definition) is 1. The van der Waals surface area contributed by atoms with Gasteiger partial charge in [-0.05, 0) is 34.2 Å². The van der Waals surface area contributed by atoms with Crippen molar-refractivity contribution in [2.75, 3.05) is 6.54 Å². The van der Waals surface area contributed by atoms with Gasteiger partial charge in [0.05, 0.1) is 6.10 Å². The lowest BCUT2D eigenvalue weighted by Crippen LogP contribution is -2.57. The third-order valence-electron chi connectivity index (χ3n) is 3.61. The molecule has 0 aromatic rings. The average molecular weight is 286 g/mol. The van der Waals surface area contributed by atoms with Crippen LogP contribution in [0.1, 0.15) is 27.7 Å². The lowest BCUT2D eigenvalue weighted by Gasteiger charge is -2.38. The van der Waals surface area contributed by atoms with E-state index < -0.39 is 17.9 Å². The summed E-state index contributed by atoms with van der Waals surface area (Å²) in [5.74, 6) is -1.43. The number of fused-ring (bicyclic) bond motifs is 3. The van der Waals surface area contributed by atoms with Gasteiger partial charge in [-0.25, -0.2) is 0 Å². The molecule has 0 saturated carbocycles. The van der Waals surface area contributed by atoms with Crippen LogP contribution in [0.4, 0.5) is 0 Å². The summed E-state index contributed by atoms with van der Waals surface area (Å²) in [5.41, 5.74) is 11.0. The van der Waals surface area contributed by atoms with Crippen LogP contribution in [0.3, 0.4) is 0 Å². The minimum atomic E-state index is -0.723. The fourth-order valence-corrected chi connectivity index (χ4v) is 2.99. The molecule has 0 aromatic heterocycles. The predicted octanol–water partition coefficient (Wildman–Crippen LogP) is 0.909. The molecule has 3 aliphatic heterocycles. The van der Waals surface area contributed by atoms with Crippen molar-refractivity contribution >= 4 is 0 Å². The normalized spacial score (nSPS) is 44.7. The minimum Gasteiger partial charge on any atom is -0.411 e. The first-order valence-corrected chi connectivity index (χ1v) is 6.75. The molecule has 20 heavy (non-hydrogen) atoms. The molecule has 8 heteroatoms. The van der Waals surface area contributed by atoms with Gasteiger partial charge in [-0.15, -0.1) is 0 Å². The molecule has 0 radical (unpaired) electrons. The van der Waals surface area contributed by atoms with Gasteiger partial charge in [0.25, 0.3) is 0 Å². The van der Waals surface area contributed by atoms with E-state index in [9.17, 15) is 0 Å². The first-order chi connectivity index (χ1) is 9.31. The summed E-state index contributed by atoms with van der Waals surface area (Å²) in [5, 5.41) is 2.90. The maximum atomic E-state index is 8.54. The highest BCUT2D eigenvalue weighted by Gasteiger charge is 2.60. The maximum absolute atomic E-state index is 8.54. The van der Waals surface area contributed by atoms with Crippen LogP contribution >= 0.6 is 0 Å². The predicted molar refractivity (Wildman–Crippen MR) is 66.3 cm³/mol. The zero-order chi connectivity index (χ0) is 14.5. The van der Waals surface area contributed by atoms with Gasteiger partial charge in [-0.2, -0.15) is 0 Å². The highest BCUT2D eigenvalue weighted by atomic mass is 16.9. The van der Waals surface area contributed by atoms with E-state index in [1.54, 1.807) is 0 Å². The molecule has 0 aliphatic carbocycles. The molecule has 1 N–H and O–H groups in total.